The minimum atomic E-state index is -0.153. The van der Waals surface area contributed by atoms with Gasteiger partial charge in [0.15, 0.2) is 0 Å². The van der Waals surface area contributed by atoms with Gasteiger partial charge in [0.25, 0.3) is 5.91 Å². The number of carbonyl (C=O) groups is 1. The molecule has 2 rings (SSSR count). The maximum atomic E-state index is 12.0. The number of fused-ring (bicyclic) bond motifs is 1. The maximum absolute atomic E-state index is 12.0. The molecule has 2 aromatic heterocycles. The van der Waals surface area contributed by atoms with Crippen LogP contribution < -0.4 is 11.1 Å². The van der Waals surface area contributed by atoms with Crippen LogP contribution in [0.3, 0.4) is 0 Å². The first-order valence-corrected chi connectivity index (χ1v) is 5.79. The molecule has 96 valence electrons. The van der Waals surface area contributed by atoms with Gasteiger partial charge < -0.3 is 11.1 Å². The molecule has 2 heterocycles. The second-order valence-electron chi connectivity index (χ2n) is 5.02. The highest BCUT2D eigenvalue weighted by atomic mass is 16.1. The molecular weight excluding hydrogens is 230 g/mol. The van der Waals surface area contributed by atoms with Gasteiger partial charge in [0.1, 0.15) is 0 Å². The van der Waals surface area contributed by atoms with Crippen LogP contribution in [0.25, 0.3) is 5.52 Å². The van der Waals surface area contributed by atoms with Crippen LogP contribution >= 0.6 is 0 Å². The first-order valence-electron chi connectivity index (χ1n) is 5.79. The second kappa shape index (κ2) is 4.73. The lowest BCUT2D eigenvalue weighted by Gasteiger charge is -2.22. The fourth-order valence-electron chi connectivity index (χ4n) is 1.50. The van der Waals surface area contributed by atoms with Crippen LogP contribution in [0.5, 0.6) is 0 Å². The minimum absolute atomic E-state index is 0.114. The Bertz CT molecular complexity index is 560. The summed E-state index contributed by atoms with van der Waals surface area (Å²) in [7, 11) is 0. The van der Waals surface area contributed by atoms with Crippen LogP contribution in [0, 0.1) is 5.41 Å². The van der Waals surface area contributed by atoms with E-state index >= 15 is 0 Å². The molecular formula is C12H17N5O. The van der Waals surface area contributed by atoms with Gasteiger partial charge in [-0.1, -0.05) is 13.8 Å². The van der Waals surface area contributed by atoms with Crippen LogP contribution in [-0.4, -0.2) is 33.6 Å². The molecule has 0 spiro atoms. The van der Waals surface area contributed by atoms with Gasteiger partial charge in [-0.25, -0.2) is 4.52 Å². The molecule has 18 heavy (non-hydrogen) atoms. The Kier molecular flexibility index (Phi) is 3.29. The number of hydrogen-bond donors (Lipinski definition) is 2. The number of amides is 1. The van der Waals surface area contributed by atoms with E-state index in [1.807, 2.05) is 13.8 Å². The van der Waals surface area contributed by atoms with Crippen molar-refractivity contribution in [2.24, 2.45) is 11.1 Å². The summed E-state index contributed by atoms with van der Waals surface area (Å²) < 4.78 is 1.62. The van der Waals surface area contributed by atoms with Gasteiger partial charge in [-0.15, -0.1) is 0 Å². The molecule has 1 amide bonds. The highest BCUT2D eigenvalue weighted by Gasteiger charge is 2.18. The van der Waals surface area contributed by atoms with Crippen molar-refractivity contribution in [1.82, 2.24) is 19.9 Å². The molecule has 0 aliphatic heterocycles. The molecule has 2 aromatic rings. The molecule has 0 bridgehead atoms. The van der Waals surface area contributed by atoms with Crippen LogP contribution in [0.15, 0.2) is 24.8 Å². The highest BCUT2D eigenvalue weighted by molar-refractivity contribution is 6.00. The van der Waals surface area contributed by atoms with Crippen LogP contribution in [0.2, 0.25) is 0 Å². The van der Waals surface area contributed by atoms with Crippen molar-refractivity contribution < 1.29 is 4.79 Å². The third kappa shape index (κ3) is 2.48. The maximum Gasteiger partial charge on any atom is 0.255 e. The molecule has 0 aliphatic carbocycles. The van der Waals surface area contributed by atoms with Crippen molar-refractivity contribution in [1.29, 1.82) is 0 Å². The minimum Gasteiger partial charge on any atom is -0.351 e. The number of nitrogens with one attached hydrogen (secondary N) is 1. The molecule has 0 aliphatic rings. The zero-order valence-corrected chi connectivity index (χ0v) is 10.6. The monoisotopic (exact) mass is 247 g/mol. The van der Waals surface area contributed by atoms with Gasteiger partial charge in [-0.3, -0.25) is 9.78 Å². The van der Waals surface area contributed by atoms with Crippen molar-refractivity contribution in [2.75, 3.05) is 13.1 Å². The van der Waals surface area contributed by atoms with E-state index < -0.39 is 0 Å². The summed E-state index contributed by atoms with van der Waals surface area (Å²) in [6, 6.07) is 0. The van der Waals surface area contributed by atoms with E-state index in [1.54, 1.807) is 29.3 Å². The lowest BCUT2D eigenvalue weighted by Crippen LogP contribution is -2.38. The molecule has 6 nitrogen and oxygen atoms in total. The molecule has 0 aromatic carbocycles. The summed E-state index contributed by atoms with van der Waals surface area (Å²) in [5.74, 6) is -0.153. The SMILES string of the molecule is CC(C)(CN)CNC(=O)c1cnn2ccncc12. The average Bonchev–Trinajstić information content (AvgIpc) is 2.80. The largest absolute Gasteiger partial charge is 0.351 e. The Balaban J connectivity index is 2.14. The van der Waals surface area contributed by atoms with Crippen LogP contribution in [0.1, 0.15) is 24.2 Å². The van der Waals surface area contributed by atoms with E-state index in [2.05, 4.69) is 15.4 Å². The summed E-state index contributed by atoms with van der Waals surface area (Å²) >= 11 is 0. The molecule has 6 heteroatoms. The van der Waals surface area contributed by atoms with Gasteiger partial charge in [0.05, 0.1) is 23.5 Å². The van der Waals surface area contributed by atoms with E-state index in [0.29, 0.717) is 24.2 Å². The van der Waals surface area contributed by atoms with E-state index in [9.17, 15) is 4.79 Å². The Morgan fingerprint density at radius 1 is 1.50 bits per heavy atom. The third-order valence-corrected chi connectivity index (χ3v) is 2.85. The Hall–Kier alpha value is -1.95. The van der Waals surface area contributed by atoms with Gasteiger partial charge >= 0.3 is 0 Å². The lowest BCUT2D eigenvalue weighted by atomic mass is 9.94. The Morgan fingerprint density at radius 3 is 3.00 bits per heavy atom. The van der Waals surface area contributed by atoms with E-state index in [-0.39, 0.29) is 11.3 Å². The number of rotatable bonds is 4. The van der Waals surface area contributed by atoms with E-state index in [4.69, 9.17) is 5.73 Å². The fourth-order valence-corrected chi connectivity index (χ4v) is 1.50. The van der Waals surface area contributed by atoms with Crippen molar-refractivity contribution in [2.45, 2.75) is 13.8 Å². The van der Waals surface area contributed by atoms with Crippen molar-refractivity contribution in [3.63, 3.8) is 0 Å². The zero-order chi connectivity index (χ0) is 13.2. The quantitative estimate of drug-likeness (QED) is 0.821. The summed E-state index contributed by atoms with van der Waals surface area (Å²) in [5, 5.41) is 6.96. The average molecular weight is 247 g/mol. The summed E-state index contributed by atoms with van der Waals surface area (Å²) in [6.45, 7) is 5.05. The van der Waals surface area contributed by atoms with Crippen molar-refractivity contribution >= 4 is 11.4 Å². The van der Waals surface area contributed by atoms with Gasteiger partial charge in [0, 0.05) is 18.9 Å². The third-order valence-electron chi connectivity index (χ3n) is 2.85. The topological polar surface area (TPSA) is 85.3 Å². The van der Waals surface area contributed by atoms with Crippen LogP contribution in [-0.2, 0) is 0 Å². The van der Waals surface area contributed by atoms with E-state index in [1.165, 1.54) is 0 Å². The Morgan fingerprint density at radius 2 is 2.28 bits per heavy atom. The fraction of sp³-hybridized carbons (Fsp3) is 0.417. The lowest BCUT2D eigenvalue weighted by molar-refractivity contribution is 0.0939. The van der Waals surface area contributed by atoms with Crippen molar-refractivity contribution in [3.8, 4) is 0 Å². The Labute approximate surface area is 105 Å². The first kappa shape index (κ1) is 12.5. The van der Waals surface area contributed by atoms with Crippen molar-refractivity contribution in [3.05, 3.63) is 30.4 Å². The van der Waals surface area contributed by atoms with Gasteiger partial charge in [0.2, 0.25) is 0 Å². The van der Waals surface area contributed by atoms with Gasteiger partial charge in [-0.05, 0) is 12.0 Å². The molecule has 0 saturated heterocycles. The van der Waals surface area contributed by atoms with E-state index in [0.717, 1.165) is 0 Å². The standard InChI is InChI=1S/C12H17N5O/c1-12(2,7-13)8-15-11(18)9-5-16-17-4-3-14-6-10(9)17/h3-6H,7-8,13H2,1-2H3,(H,15,18). The normalized spacial score (nSPS) is 11.7. The smallest absolute Gasteiger partial charge is 0.255 e. The predicted molar refractivity (Wildman–Crippen MR) is 68.2 cm³/mol. The van der Waals surface area contributed by atoms with Gasteiger partial charge in [-0.2, -0.15) is 5.10 Å². The zero-order valence-electron chi connectivity index (χ0n) is 10.6. The highest BCUT2D eigenvalue weighted by Crippen LogP contribution is 2.12. The molecule has 0 saturated carbocycles. The van der Waals surface area contributed by atoms with Crippen LogP contribution in [0.4, 0.5) is 0 Å². The molecule has 0 fully saturated rings. The number of nitrogens with zero attached hydrogens (tertiary/aromatic N) is 3. The number of carbonyl (C=O) groups excluding carboxylic acids is 1. The first-order chi connectivity index (χ1) is 8.53. The number of hydrogen-bond acceptors (Lipinski definition) is 4. The molecule has 0 atom stereocenters. The predicted octanol–water partition coefficient (Wildman–Crippen LogP) is 0.444. The summed E-state index contributed by atoms with van der Waals surface area (Å²) in [5.41, 5.74) is 6.73. The molecule has 3 N–H and O–H groups in total. The number of aromatic nitrogens is 3. The second-order valence-corrected chi connectivity index (χ2v) is 5.02. The molecule has 0 radical (unpaired) electrons. The summed E-state index contributed by atoms with van der Waals surface area (Å²) in [6.07, 6.45) is 6.49. The molecule has 0 unspecified atom stereocenters. The number of nitrogens with two attached hydrogens (primary N) is 1. The summed E-state index contributed by atoms with van der Waals surface area (Å²) in [4.78, 5) is 16.0.